The number of nitrogens with one attached hydrogen (secondary N) is 1. The summed E-state index contributed by atoms with van der Waals surface area (Å²) in [6, 6.07) is 9.33. The van der Waals surface area contributed by atoms with Crippen LogP contribution >= 0.6 is 0 Å². The number of ether oxygens (including phenoxy) is 1. The molecule has 2 rings (SSSR count). The molecule has 22 heavy (non-hydrogen) atoms. The summed E-state index contributed by atoms with van der Waals surface area (Å²) in [6.07, 6.45) is -1.85. The topological polar surface area (TPSA) is 99.1 Å². The second kappa shape index (κ2) is 7.65. The van der Waals surface area contributed by atoms with Gasteiger partial charge in [-0.15, -0.1) is 0 Å². The van der Waals surface area contributed by atoms with Crippen LogP contribution in [0, 0.1) is 5.92 Å². The highest BCUT2D eigenvalue weighted by Gasteiger charge is 2.30. The molecular formula is C15H20N2O5. The number of alkyl carbamates (subject to hydrolysis) is 1. The fourth-order valence-corrected chi connectivity index (χ4v) is 2.38. The molecule has 1 aliphatic heterocycles. The molecule has 0 spiro atoms. The van der Waals surface area contributed by atoms with Crippen LogP contribution in [-0.2, 0) is 11.3 Å². The molecule has 0 radical (unpaired) electrons. The quantitative estimate of drug-likeness (QED) is 0.778. The first kappa shape index (κ1) is 16.1. The Hall–Kier alpha value is -2.28. The summed E-state index contributed by atoms with van der Waals surface area (Å²) in [5.41, 5.74) is 0.896. The number of carbonyl (C=O) groups is 2. The fourth-order valence-electron chi connectivity index (χ4n) is 2.38. The average Bonchev–Trinajstić information content (AvgIpc) is 2.52. The van der Waals surface area contributed by atoms with Gasteiger partial charge in [-0.05, 0) is 12.0 Å². The van der Waals surface area contributed by atoms with E-state index in [4.69, 9.17) is 9.84 Å². The number of carboxylic acid groups (broad SMARTS) is 1. The van der Waals surface area contributed by atoms with Gasteiger partial charge in [0.25, 0.3) is 0 Å². The van der Waals surface area contributed by atoms with Crippen LogP contribution in [-0.4, -0.2) is 53.0 Å². The van der Waals surface area contributed by atoms with E-state index in [0.29, 0.717) is 13.0 Å². The molecule has 1 aliphatic rings. The lowest BCUT2D eigenvalue weighted by Crippen LogP contribution is -2.49. The summed E-state index contributed by atoms with van der Waals surface area (Å²) in [4.78, 5) is 23.6. The maximum Gasteiger partial charge on any atom is 0.407 e. The molecular weight excluding hydrogens is 288 g/mol. The predicted octanol–water partition coefficient (Wildman–Crippen LogP) is 1.27. The number of aliphatic hydroxyl groups is 1. The number of rotatable bonds is 4. The molecule has 1 aromatic carbocycles. The van der Waals surface area contributed by atoms with Gasteiger partial charge in [0.1, 0.15) is 6.61 Å². The highest BCUT2D eigenvalue weighted by atomic mass is 16.5. The zero-order valence-electron chi connectivity index (χ0n) is 12.1. The van der Waals surface area contributed by atoms with E-state index in [-0.39, 0.29) is 25.6 Å². The number of piperidine rings is 1. The van der Waals surface area contributed by atoms with Crippen molar-refractivity contribution in [1.82, 2.24) is 10.2 Å². The Morgan fingerprint density at radius 1 is 1.32 bits per heavy atom. The maximum absolute atomic E-state index is 11.6. The molecule has 0 saturated carbocycles. The minimum atomic E-state index is -1.03. The largest absolute Gasteiger partial charge is 0.465 e. The molecule has 120 valence electrons. The number of amides is 2. The van der Waals surface area contributed by atoms with Gasteiger partial charge in [0.15, 0.2) is 0 Å². The van der Waals surface area contributed by atoms with Crippen molar-refractivity contribution in [1.29, 1.82) is 0 Å². The average molecular weight is 308 g/mol. The first-order valence-corrected chi connectivity index (χ1v) is 7.16. The van der Waals surface area contributed by atoms with Crippen LogP contribution in [0.15, 0.2) is 30.3 Å². The molecule has 7 nitrogen and oxygen atoms in total. The fraction of sp³-hybridized carbons (Fsp3) is 0.467. The van der Waals surface area contributed by atoms with Crippen LogP contribution in [0.1, 0.15) is 12.0 Å². The van der Waals surface area contributed by atoms with Gasteiger partial charge in [0.05, 0.1) is 12.6 Å². The van der Waals surface area contributed by atoms with Crippen molar-refractivity contribution >= 4 is 12.2 Å². The third-order valence-electron chi connectivity index (χ3n) is 3.71. The van der Waals surface area contributed by atoms with Crippen molar-refractivity contribution in [2.45, 2.75) is 19.1 Å². The van der Waals surface area contributed by atoms with Gasteiger partial charge in [-0.25, -0.2) is 9.59 Å². The van der Waals surface area contributed by atoms with Crippen molar-refractivity contribution in [3.05, 3.63) is 35.9 Å². The molecule has 2 amide bonds. The lowest BCUT2D eigenvalue weighted by atomic mass is 9.94. The maximum atomic E-state index is 11.6. The third kappa shape index (κ3) is 4.63. The lowest BCUT2D eigenvalue weighted by Gasteiger charge is -2.34. The molecule has 2 unspecified atom stereocenters. The predicted molar refractivity (Wildman–Crippen MR) is 78.3 cm³/mol. The number of nitrogens with zero attached hydrogens (tertiary/aromatic N) is 1. The van der Waals surface area contributed by atoms with Crippen molar-refractivity contribution < 1.29 is 24.5 Å². The van der Waals surface area contributed by atoms with Gasteiger partial charge in [0, 0.05) is 19.0 Å². The molecule has 1 saturated heterocycles. The number of aliphatic hydroxyl groups excluding tert-OH is 1. The monoisotopic (exact) mass is 308 g/mol. The Labute approximate surface area is 128 Å². The zero-order chi connectivity index (χ0) is 15.9. The Morgan fingerprint density at radius 3 is 2.68 bits per heavy atom. The van der Waals surface area contributed by atoms with Crippen LogP contribution in [0.4, 0.5) is 9.59 Å². The van der Waals surface area contributed by atoms with Gasteiger partial charge < -0.3 is 25.2 Å². The Morgan fingerprint density at radius 2 is 2.05 bits per heavy atom. The van der Waals surface area contributed by atoms with Crippen LogP contribution in [0.25, 0.3) is 0 Å². The highest BCUT2D eigenvalue weighted by Crippen LogP contribution is 2.17. The lowest BCUT2D eigenvalue weighted by molar-refractivity contribution is 0.0244. The summed E-state index contributed by atoms with van der Waals surface area (Å²) in [5.74, 6) is -0.167. The highest BCUT2D eigenvalue weighted by molar-refractivity contribution is 5.67. The number of carbonyl (C=O) groups excluding carboxylic acids is 1. The third-order valence-corrected chi connectivity index (χ3v) is 3.71. The normalized spacial score (nSPS) is 21.2. The number of hydrogen-bond donors (Lipinski definition) is 3. The first-order chi connectivity index (χ1) is 10.6. The molecule has 0 bridgehead atoms. The van der Waals surface area contributed by atoms with E-state index in [1.165, 1.54) is 4.90 Å². The van der Waals surface area contributed by atoms with Crippen LogP contribution in [0.2, 0.25) is 0 Å². The number of benzene rings is 1. The van der Waals surface area contributed by atoms with Gasteiger partial charge in [0.2, 0.25) is 0 Å². The second-order valence-corrected chi connectivity index (χ2v) is 5.29. The van der Waals surface area contributed by atoms with E-state index in [9.17, 15) is 14.7 Å². The SMILES string of the molecule is O=C(NCC1CCN(C(=O)O)CC1O)OCc1ccccc1. The molecule has 7 heteroatoms. The molecule has 1 heterocycles. The minimum absolute atomic E-state index is 0.0702. The molecule has 3 N–H and O–H groups in total. The van der Waals surface area contributed by atoms with E-state index in [2.05, 4.69) is 5.32 Å². The Balaban J connectivity index is 1.69. The first-order valence-electron chi connectivity index (χ1n) is 7.16. The van der Waals surface area contributed by atoms with Gasteiger partial charge >= 0.3 is 12.2 Å². The summed E-state index contributed by atoms with van der Waals surface area (Å²) in [5, 5.41) is 21.4. The molecule has 0 aromatic heterocycles. The number of hydrogen-bond acceptors (Lipinski definition) is 4. The van der Waals surface area contributed by atoms with Crippen molar-refractivity contribution in [3.8, 4) is 0 Å². The van der Waals surface area contributed by atoms with Crippen molar-refractivity contribution in [2.24, 2.45) is 5.92 Å². The number of β-amino-alcohol motifs (C(OH)–C–C–N with tert-alkyl or cyclic N) is 1. The zero-order valence-corrected chi connectivity index (χ0v) is 12.1. The van der Waals surface area contributed by atoms with E-state index < -0.39 is 18.3 Å². The van der Waals surface area contributed by atoms with E-state index in [1.807, 2.05) is 30.3 Å². The van der Waals surface area contributed by atoms with E-state index >= 15 is 0 Å². The van der Waals surface area contributed by atoms with E-state index in [0.717, 1.165) is 5.56 Å². The molecule has 0 aliphatic carbocycles. The summed E-state index contributed by atoms with van der Waals surface area (Å²) < 4.78 is 5.08. The summed E-state index contributed by atoms with van der Waals surface area (Å²) in [6.45, 7) is 0.882. The summed E-state index contributed by atoms with van der Waals surface area (Å²) in [7, 11) is 0. The standard InChI is InChI=1S/C15H20N2O5/c18-13-9-17(15(20)21)7-6-12(13)8-16-14(19)22-10-11-4-2-1-3-5-11/h1-5,12-13,18H,6-10H2,(H,16,19)(H,20,21). The van der Waals surface area contributed by atoms with Crippen LogP contribution in [0.5, 0.6) is 0 Å². The van der Waals surface area contributed by atoms with Gasteiger partial charge in [-0.3, -0.25) is 0 Å². The minimum Gasteiger partial charge on any atom is -0.465 e. The van der Waals surface area contributed by atoms with Gasteiger partial charge in [-0.1, -0.05) is 30.3 Å². The molecule has 2 atom stereocenters. The second-order valence-electron chi connectivity index (χ2n) is 5.29. The Kier molecular flexibility index (Phi) is 5.60. The molecule has 1 fully saturated rings. The number of likely N-dealkylation sites (tertiary alicyclic amines) is 1. The van der Waals surface area contributed by atoms with Crippen LogP contribution < -0.4 is 5.32 Å². The Bertz CT molecular complexity index is 508. The smallest absolute Gasteiger partial charge is 0.407 e. The van der Waals surface area contributed by atoms with Gasteiger partial charge in [-0.2, -0.15) is 0 Å². The molecule has 1 aromatic rings. The van der Waals surface area contributed by atoms with Crippen molar-refractivity contribution in [3.63, 3.8) is 0 Å². The van der Waals surface area contributed by atoms with Crippen LogP contribution in [0.3, 0.4) is 0 Å². The van der Waals surface area contributed by atoms with Crippen molar-refractivity contribution in [2.75, 3.05) is 19.6 Å². The van der Waals surface area contributed by atoms with E-state index in [1.54, 1.807) is 0 Å². The summed E-state index contributed by atoms with van der Waals surface area (Å²) >= 11 is 0.